The standard InChI is InChI=1S/C9H12N5O.Y/c1-12(2)7-6-8(11-5-10-7)14(4)9(15)13(6)3;/h1-4H3;/q-1;. The van der Waals surface area contributed by atoms with Crippen LogP contribution in [0.2, 0.25) is 0 Å². The summed E-state index contributed by atoms with van der Waals surface area (Å²) in [4.78, 5) is 21.5. The summed E-state index contributed by atoms with van der Waals surface area (Å²) in [7, 11) is 7.13. The molecule has 2 aromatic heterocycles. The number of nitrogens with zero attached hydrogens (tertiary/aromatic N) is 5. The van der Waals surface area contributed by atoms with Crippen LogP contribution in [0.3, 0.4) is 0 Å². The van der Waals surface area contributed by atoms with Crippen LogP contribution in [0.1, 0.15) is 0 Å². The number of rotatable bonds is 1. The zero-order valence-corrected chi connectivity index (χ0v) is 12.6. The molecular weight excluding hydrogens is 283 g/mol. The molecule has 1 radical (unpaired) electrons. The van der Waals surface area contributed by atoms with Gasteiger partial charge in [-0.05, 0) is 14.1 Å². The summed E-state index contributed by atoms with van der Waals surface area (Å²) >= 11 is 0. The molecular formula is C9H12N5OY-. The number of hydrogen-bond donors (Lipinski definition) is 0. The van der Waals surface area contributed by atoms with Crippen LogP contribution in [0, 0.1) is 6.33 Å². The zero-order valence-electron chi connectivity index (χ0n) is 9.72. The van der Waals surface area contributed by atoms with Crippen LogP contribution in [0.5, 0.6) is 0 Å². The van der Waals surface area contributed by atoms with Crippen LogP contribution in [-0.2, 0) is 46.8 Å². The van der Waals surface area contributed by atoms with Crippen molar-refractivity contribution >= 4 is 17.0 Å². The fourth-order valence-electron chi connectivity index (χ4n) is 1.58. The van der Waals surface area contributed by atoms with E-state index in [1.165, 1.54) is 4.57 Å². The average molecular weight is 295 g/mol. The molecule has 0 aliphatic rings. The van der Waals surface area contributed by atoms with Gasteiger partial charge in [0.1, 0.15) is 0 Å². The number of hydrogen-bond acceptors (Lipinski definition) is 4. The molecule has 83 valence electrons. The summed E-state index contributed by atoms with van der Waals surface area (Å²) < 4.78 is 3.03. The van der Waals surface area contributed by atoms with Gasteiger partial charge in [-0.3, -0.25) is 0 Å². The van der Waals surface area contributed by atoms with Crippen LogP contribution in [0.4, 0.5) is 5.82 Å². The van der Waals surface area contributed by atoms with Gasteiger partial charge in [-0.1, -0.05) is 0 Å². The number of aromatic nitrogens is 4. The molecule has 6 nitrogen and oxygen atoms in total. The van der Waals surface area contributed by atoms with Crippen molar-refractivity contribution in [1.82, 2.24) is 19.1 Å². The van der Waals surface area contributed by atoms with Crippen molar-refractivity contribution in [2.45, 2.75) is 0 Å². The largest absolute Gasteiger partial charge is 0.413 e. The quantitative estimate of drug-likeness (QED) is 0.668. The predicted octanol–water partition coefficient (Wildman–Crippen LogP) is -0.469. The molecule has 0 amide bonds. The minimum Gasteiger partial charge on any atom is -0.413 e. The average Bonchev–Trinajstić information content (AvgIpc) is 2.44. The molecule has 2 aromatic rings. The van der Waals surface area contributed by atoms with Gasteiger partial charge in [-0.25, -0.2) is 4.79 Å². The first-order chi connectivity index (χ1) is 7.04. The molecule has 0 aliphatic carbocycles. The Bertz CT molecular complexity index is 571. The maximum absolute atomic E-state index is 11.7. The van der Waals surface area contributed by atoms with Crippen LogP contribution in [-0.4, -0.2) is 33.2 Å². The third-order valence-corrected chi connectivity index (χ3v) is 2.39. The predicted molar refractivity (Wildman–Crippen MR) is 56.9 cm³/mol. The Kier molecular flexibility index (Phi) is 3.85. The van der Waals surface area contributed by atoms with E-state index in [4.69, 9.17) is 0 Å². The van der Waals surface area contributed by atoms with Gasteiger partial charge in [0.05, 0.1) is 5.65 Å². The molecule has 0 spiro atoms. The summed E-state index contributed by atoms with van der Waals surface area (Å²) in [5.41, 5.74) is 1.22. The monoisotopic (exact) mass is 295 g/mol. The normalized spacial score (nSPS) is 10.2. The first-order valence-electron chi connectivity index (χ1n) is 4.51. The summed E-state index contributed by atoms with van der Waals surface area (Å²) in [6.45, 7) is 0. The Labute approximate surface area is 118 Å². The SMILES string of the molecule is CN(C)c1n[c-]nc2c1n(C)c(=O)n2C.[Y]. The molecule has 0 saturated heterocycles. The van der Waals surface area contributed by atoms with Crippen LogP contribution >= 0.6 is 0 Å². The van der Waals surface area contributed by atoms with Gasteiger partial charge in [0.15, 0.2) is 0 Å². The second-order valence-electron chi connectivity index (χ2n) is 3.61. The number of aryl methyl sites for hydroxylation is 2. The van der Waals surface area contributed by atoms with Gasteiger partial charge in [-0.15, -0.1) is 0 Å². The molecule has 2 heterocycles. The molecule has 0 aliphatic heterocycles. The summed E-state index contributed by atoms with van der Waals surface area (Å²) in [5, 5.41) is 0. The first-order valence-corrected chi connectivity index (χ1v) is 4.51. The van der Waals surface area contributed by atoms with E-state index >= 15 is 0 Å². The van der Waals surface area contributed by atoms with Crippen molar-refractivity contribution in [3.8, 4) is 0 Å². The fraction of sp³-hybridized carbons (Fsp3) is 0.444. The Balaban J connectivity index is 0.00000128. The molecule has 0 atom stereocenters. The molecule has 0 fully saturated rings. The van der Waals surface area contributed by atoms with Gasteiger partial charge in [0, 0.05) is 64.5 Å². The van der Waals surface area contributed by atoms with Gasteiger partial charge < -0.3 is 24.0 Å². The van der Waals surface area contributed by atoms with Crippen LogP contribution in [0.15, 0.2) is 4.79 Å². The summed E-state index contributed by atoms with van der Waals surface area (Å²) in [5.74, 6) is 0.695. The van der Waals surface area contributed by atoms with E-state index in [1.54, 1.807) is 18.7 Å². The van der Waals surface area contributed by atoms with Crippen molar-refractivity contribution in [2.24, 2.45) is 14.1 Å². The molecule has 0 N–H and O–H groups in total. The van der Waals surface area contributed by atoms with Crippen molar-refractivity contribution in [3.63, 3.8) is 0 Å². The van der Waals surface area contributed by atoms with Gasteiger partial charge in [0.2, 0.25) is 0 Å². The van der Waals surface area contributed by atoms with Crippen molar-refractivity contribution in [2.75, 3.05) is 19.0 Å². The summed E-state index contributed by atoms with van der Waals surface area (Å²) in [6, 6.07) is 0. The van der Waals surface area contributed by atoms with E-state index < -0.39 is 0 Å². The van der Waals surface area contributed by atoms with Crippen LogP contribution in [0.25, 0.3) is 11.2 Å². The molecule has 7 heteroatoms. The maximum atomic E-state index is 11.7. The Hall–Kier alpha value is -0.746. The van der Waals surface area contributed by atoms with E-state index in [2.05, 4.69) is 16.3 Å². The maximum Gasteiger partial charge on any atom is 0.317 e. The Morgan fingerprint density at radius 2 is 1.81 bits per heavy atom. The van der Waals surface area contributed by atoms with Gasteiger partial charge in [-0.2, -0.15) is 0 Å². The van der Waals surface area contributed by atoms with Crippen molar-refractivity contribution < 1.29 is 32.7 Å². The zero-order chi connectivity index (χ0) is 11.2. The van der Waals surface area contributed by atoms with E-state index in [0.717, 1.165) is 5.52 Å². The van der Waals surface area contributed by atoms with Crippen LogP contribution < -0.4 is 10.6 Å². The van der Waals surface area contributed by atoms with Gasteiger partial charge >= 0.3 is 5.69 Å². The molecule has 16 heavy (non-hydrogen) atoms. The fourth-order valence-corrected chi connectivity index (χ4v) is 1.58. The van der Waals surface area contributed by atoms with E-state index in [9.17, 15) is 4.79 Å². The minimum absolute atomic E-state index is 0. The van der Waals surface area contributed by atoms with E-state index in [-0.39, 0.29) is 38.4 Å². The molecule has 0 bridgehead atoms. The third kappa shape index (κ3) is 1.80. The van der Waals surface area contributed by atoms with E-state index in [0.29, 0.717) is 11.5 Å². The van der Waals surface area contributed by atoms with Crippen molar-refractivity contribution in [1.29, 1.82) is 0 Å². The second kappa shape index (κ2) is 4.63. The van der Waals surface area contributed by atoms with Gasteiger partial charge in [0.25, 0.3) is 0 Å². The Morgan fingerprint density at radius 3 is 2.38 bits per heavy atom. The Morgan fingerprint density at radius 1 is 1.19 bits per heavy atom. The molecule has 0 unspecified atom stereocenters. The first kappa shape index (κ1) is 13.3. The molecule has 2 rings (SSSR count). The minimum atomic E-state index is -0.109. The number of anilines is 1. The van der Waals surface area contributed by atoms with E-state index in [1.807, 2.05) is 19.0 Å². The third-order valence-electron chi connectivity index (χ3n) is 2.39. The smallest absolute Gasteiger partial charge is 0.317 e. The number of imidazole rings is 1. The number of fused-ring (bicyclic) bond motifs is 1. The molecule has 0 aromatic carbocycles. The second-order valence-corrected chi connectivity index (χ2v) is 3.61. The van der Waals surface area contributed by atoms with Crippen molar-refractivity contribution in [3.05, 3.63) is 16.8 Å². The topological polar surface area (TPSA) is 56.0 Å². The summed E-state index contributed by atoms with van der Waals surface area (Å²) in [6.07, 6.45) is 2.55. The molecule has 0 saturated carbocycles.